The van der Waals surface area contributed by atoms with Crippen molar-refractivity contribution in [3.8, 4) is 0 Å². The Labute approximate surface area is 201 Å². The zero-order valence-electron chi connectivity index (χ0n) is 22.4. The van der Waals surface area contributed by atoms with Crippen LogP contribution in [0, 0.1) is 50.7 Å². The van der Waals surface area contributed by atoms with E-state index in [1.165, 1.54) is 25.7 Å². The first-order valence-corrected chi connectivity index (χ1v) is 13.7. The highest BCUT2D eigenvalue weighted by atomic mass is 16.2. The number of hydrogen-bond acceptors (Lipinski definition) is 2. The molecule has 5 saturated carbocycles. The third kappa shape index (κ3) is 3.00. The molecule has 0 saturated heterocycles. The summed E-state index contributed by atoms with van der Waals surface area (Å²) in [5.74, 6) is 2.22. The van der Waals surface area contributed by atoms with Crippen LogP contribution >= 0.6 is 0 Å². The van der Waals surface area contributed by atoms with E-state index >= 15 is 0 Å². The molecule has 5 aliphatic rings. The van der Waals surface area contributed by atoms with Crippen molar-refractivity contribution in [3.63, 3.8) is 0 Å². The number of nitrogens with one attached hydrogen (secondary N) is 2. The highest BCUT2D eigenvalue weighted by molar-refractivity contribution is 5.82. The van der Waals surface area contributed by atoms with E-state index in [4.69, 9.17) is 0 Å². The Bertz CT molecular complexity index is 860. The lowest BCUT2D eigenvalue weighted by atomic mass is 9.53. The van der Waals surface area contributed by atoms with Crippen LogP contribution in [0.3, 0.4) is 0 Å². The number of rotatable bonds is 5. The first kappa shape index (κ1) is 23.7. The topological polar surface area (TPSA) is 58.2 Å². The summed E-state index contributed by atoms with van der Waals surface area (Å²) in [5.41, 5.74) is 0.939. The fourth-order valence-corrected chi connectivity index (χ4v) is 9.40. The van der Waals surface area contributed by atoms with E-state index in [-0.39, 0.29) is 34.0 Å². The minimum Gasteiger partial charge on any atom is -0.353 e. The quantitative estimate of drug-likeness (QED) is 0.557. The van der Waals surface area contributed by atoms with Gasteiger partial charge in [0.05, 0.1) is 0 Å². The van der Waals surface area contributed by atoms with E-state index in [2.05, 4.69) is 66.0 Å². The van der Waals surface area contributed by atoms with Crippen molar-refractivity contribution in [2.24, 2.45) is 50.7 Å². The van der Waals surface area contributed by atoms with Crippen molar-refractivity contribution in [1.82, 2.24) is 10.6 Å². The van der Waals surface area contributed by atoms with Gasteiger partial charge in [-0.2, -0.15) is 0 Å². The lowest BCUT2D eigenvalue weighted by molar-refractivity contribution is -0.146. The second kappa shape index (κ2) is 7.00. The summed E-state index contributed by atoms with van der Waals surface area (Å²) in [6, 6.07) is 0.613. The highest BCUT2D eigenvalue weighted by Crippen LogP contribution is 2.66. The van der Waals surface area contributed by atoms with E-state index in [1.54, 1.807) is 0 Å². The fraction of sp³-hybridized carbons (Fsp3) is 0.931. The molecular formula is C29H48N2O2. The Morgan fingerprint density at radius 2 is 1.21 bits per heavy atom. The average Bonchev–Trinajstić information content (AvgIpc) is 3.22. The molecule has 5 rings (SSSR count). The number of carbonyl (C=O) groups excluding carboxylic acids is 2. The van der Waals surface area contributed by atoms with Gasteiger partial charge in [0.2, 0.25) is 11.8 Å². The Kier molecular flexibility index (Phi) is 5.02. The highest BCUT2D eigenvalue weighted by Gasteiger charge is 2.63. The van der Waals surface area contributed by atoms with Crippen LogP contribution in [0.25, 0.3) is 0 Å². The van der Waals surface area contributed by atoms with Gasteiger partial charge < -0.3 is 10.6 Å². The van der Waals surface area contributed by atoms with Gasteiger partial charge in [0, 0.05) is 24.4 Å². The molecule has 8 atom stereocenters. The van der Waals surface area contributed by atoms with Gasteiger partial charge in [-0.3, -0.25) is 9.59 Å². The molecular weight excluding hydrogens is 408 g/mol. The summed E-state index contributed by atoms with van der Waals surface area (Å²) in [5, 5.41) is 6.93. The Morgan fingerprint density at radius 1 is 0.727 bits per heavy atom. The number of carbonyl (C=O) groups is 2. The molecule has 5 fully saturated rings. The van der Waals surface area contributed by atoms with Crippen LogP contribution in [-0.4, -0.2) is 23.9 Å². The molecule has 0 heterocycles. The van der Waals surface area contributed by atoms with E-state index in [0.717, 1.165) is 31.1 Å². The summed E-state index contributed by atoms with van der Waals surface area (Å²) in [6.07, 6.45) is 8.73. The fourth-order valence-electron chi connectivity index (χ4n) is 9.40. The first-order valence-electron chi connectivity index (χ1n) is 13.7. The van der Waals surface area contributed by atoms with E-state index in [9.17, 15) is 9.59 Å². The summed E-state index contributed by atoms with van der Waals surface area (Å²) < 4.78 is 0. The number of fused-ring (bicyclic) bond motifs is 4. The van der Waals surface area contributed by atoms with Crippen molar-refractivity contribution in [3.05, 3.63) is 0 Å². The Balaban J connectivity index is 1.16. The SMILES string of the molecule is CC1(C)[C@H](CC(=O)N[C@@H]2C[C@H]3CC[C@@]2(C)C3(C)C)C[C@@H]1C(=O)N[C@@H]1C[C@H]2CC[C@@]1(C)C2(C)C. The second-order valence-electron chi connectivity index (χ2n) is 14.9. The maximum Gasteiger partial charge on any atom is 0.223 e. The van der Waals surface area contributed by atoms with Crippen molar-refractivity contribution in [1.29, 1.82) is 0 Å². The molecule has 4 bridgehead atoms. The minimum absolute atomic E-state index is 0.0279. The Hall–Kier alpha value is -1.06. The van der Waals surface area contributed by atoms with Gasteiger partial charge in [0.25, 0.3) is 0 Å². The minimum atomic E-state index is -0.118. The largest absolute Gasteiger partial charge is 0.353 e. The van der Waals surface area contributed by atoms with E-state index < -0.39 is 0 Å². The summed E-state index contributed by atoms with van der Waals surface area (Å²) in [4.78, 5) is 26.4. The zero-order chi connectivity index (χ0) is 24.2. The molecule has 5 aliphatic carbocycles. The monoisotopic (exact) mass is 456 g/mol. The van der Waals surface area contributed by atoms with Crippen LogP contribution in [0.2, 0.25) is 0 Å². The summed E-state index contributed by atoms with van der Waals surface area (Å²) in [6.45, 7) is 18.8. The zero-order valence-corrected chi connectivity index (χ0v) is 22.4. The standard InChI is InChI=1S/C29H48N2O2/c1-25(2)19(16-23(32)30-21-14-17-9-11-28(21,7)26(17,3)4)13-20(25)24(33)31-22-15-18-10-12-29(22,8)27(18,5)6/h17-22H,9-16H2,1-8H3,(H,30,32)(H,31,33)/t17-,18-,19+,20-,21-,22-,28-,29-/m1/s1. The predicted octanol–water partition coefficient (Wildman–Crippen LogP) is 5.70. The molecule has 2 N–H and O–H groups in total. The van der Waals surface area contributed by atoms with Crippen LogP contribution in [-0.2, 0) is 9.59 Å². The average molecular weight is 457 g/mol. The lowest BCUT2D eigenvalue weighted by Gasteiger charge is -2.52. The van der Waals surface area contributed by atoms with Crippen molar-refractivity contribution < 1.29 is 9.59 Å². The van der Waals surface area contributed by atoms with Crippen LogP contribution in [0.1, 0.15) is 107 Å². The van der Waals surface area contributed by atoms with Gasteiger partial charge in [-0.05, 0) is 89.8 Å². The molecule has 4 heteroatoms. The summed E-state index contributed by atoms with van der Waals surface area (Å²) in [7, 11) is 0. The van der Waals surface area contributed by atoms with Gasteiger partial charge in [-0.1, -0.05) is 55.4 Å². The van der Waals surface area contributed by atoms with Gasteiger partial charge >= 0.3 is 0 Å². The maximum atomic E-state index is 13.3. The molecule has 0 aromatic rings. The first-order chi connectivity index (χ1) is 15.1. The third-order valence-electron chi connectivity index (χ3n) is 13.5. The van der Waals surface area contributed by atoms with Crippen molar-refractivity contribution in [2.45, 2.75) is 119 Å². The van der Waals surface area contributed by atoms with Crippen molar-refractivity contribution >= 4 is 11.8 Å². The number of hydrogen-bond donors (Lipinski definition) is 2. The molecule has 186 valence electrons. The smallest absolute Gasteiger partial charge is 0.223 e. The van der Waals surface area contributed by atoms with Gasteiger partial charge in [-0.25, -0.2) is 0 Å². The molecule has 0 unspecified atom stereocenters. The number of amides is 2. The van der Waals surface area contributed by atoms with E-state index in [0.29, 0.717) is 35.3 Å². The lowest BCUT2D eigenvalue weighted by Crippen LogP contribution is -2.57. The molecule has 0 radical (unpaired) electrons. The molecule has 4 nitrogen and oxygen atoms in total. The van der Waals surface area contributed by atoms with Gasteiger partial charge in [0.1, 0.15) is 0 Å². The summed E-state index contributed by atoms with van der Waals surface area (Å²) >= 11 is 0. The van der Waals surface area contributed by atoms with Crippen LogP contribution in [0.5, 0.6) is 0 Å². The Morgan fingerprint density at radius 3 is 1.61 bits per heavy atom. The van der Waals surface area contributed by atoms with Crippen molar-refractivity contribution in [2.75, 3.05) is 0 Å². The maximum absolute atomic E-state index is 13.3. The second-order valence-corrected chi connectivity index (χ2v) is 14.9. The molecule has 0 aromatic carbocycles. The van der Waals surface area contributed by atoms with Crippen LogP contribution < -0.4 is 10.6 Å². The molecule has 2 amide bonds. The third-order valence-corrected chi connectivity index (χ3v) is 13.5. The van der Waals surface area contributed by atoms with Crippen LogP contribution in [0.15, 0.2) is 0 Å². The van der Waals surface area contributed by atoms with Gasteiger partial charge in [0.15, 0.2) is 0 Å². The molecule has 0 spiro atoms. The van der Waals surface area contributed by atoms with Gasteiger partial charge in [-0.15, -0.1) is 0 Å². The molecule has 33 heavy (non-hydrogen) atoms. The van der Waals surface area contributed by atoms with E-state index in [1.807, 2.05) is 0 Å². The predicted molar refractivity (Wildman–Crippen MR) is 132 cm³/mol. The van der Waals surface area contributed by atoms with Crippen LogP contribution in [0.4, 0.5) is 0 Å². The molecule has 0 aromatic heterocycles. The normalized spacial score (nSPS) is 47.9. The molecule has 0 aliphatic heterocycles.